The molecule has 0 unspecified atom stereocenters. The van der Waals surface area contributed by atoms with E-state index >= 15 is 0 Å². The Bertz CT molecular complexity index is 165. The van der Waals surface area contributed by atoms with Gasteiger partial charge in [0.1, 0.15) is 0 Å². The minimum absolute atomic E-state index is 0.935. The second-order valence-corrected chi connectivity index (χ2v) is 0.783. The third-order valence-corrected chi connectivity index (χ3v) is 0.329. The van der Waals surface area contributed by atoms with E-state index < -0.39 is 6.03 Å². The second-order valence-electron chi connectivity index (χ2n) is 0.783. The number of nitrogens with one attached hydrogen (secondary N) is 2. The molecule has 0 heterocycles. The molecule has 0 aromatic carbocycles. The first kappa shape index (κ1) is 6.43. The lowest BCUT2D eigenvalue weighted by Gasteiger charge is -1.47. The number of hydrogen-bond donors (Lipinski definition) is 2. The Hall–Kier alpha value is -1.57. The number of amides is 2. The van der Waals surface area contributed by atoms with Crippen LogP contribution in [-0.2, 0) is 9.59 Å². The molecule has 8 heavy (non-hydrogen) atoms. The van der Waals surface area contributed by atoms with E-state index in [0.717, 1.165) is 12.2 Å². The van der Waals surface area contributed by atoms with E-state index in [9.17, 15) is 14.4 Å². The van der Waals surface area contributed by atoms with Crippen LogP contribution in [0.5, 0.6) is 0 Å². The van der Waals surface area contributed by atoms with E-state index in [1.165, 1.54) is 9.98 Å². The fourth-order valence-corrected chi connectivity index (χ4v) is 0.124. The van der Waals surface area contributed by atoms with E-state index in [-0.39, 0.29) is 0 Å². The molecule has 2 N–H and O–H groups in total. The van der Waals surface area contributed by atoms with Gasteiger partial charge in [-0.1, -0.05) is 0 Å². The number of carbonyl (C=O) groups excluding carboxylic acids is 3. The van der Waals surface area contributed by atoms with Gasteiger partial charge >= 0.3 is 18.2 Å². The Morgan fingerprint density at radius 2 is 1.50 bits per heavy atom. The summed E-state index contributed by atoms with van der Waals surface area (Å²) >= 11 is 0. The zero-order valence-corrected chi connectivity index (χ0v) is 3.72. The van der Waals surface area contributed by atoms with Crippen molar-refractivity contribution in [3.8, 4) is 0 Å². The van der Waals surface area contributed by atoms with Gasteiger partial charge in [0.05, 0.1) is 0 Å². The van der Waals surface area contributed by atoms with Crippen molar-refractivity contribution in [2.24, 2.45) is 0 Å². The quantitative estimate of drug-likeness (QED) is 0.248. The average molecular weight is 114 g/mol. The summed E-state index contributed by atoms with van der Waals surface area (Å²) in [7, 11) is 0. The molecule has 0 fully saturated rings. The molecular weight excluding hydrogens is 112 g/mol. The maximum absolute atomic E-state index is 9.90. The Labute approximate surface area is 43.7 Å². The molecule has 2 amide bonds. The van der Waals surface area contributed by atoms with Crippen molar-refractivity contribution in [1.29, 1.82) is 0 Å². The van der Waals surface area contributed by atoms with Crippen molar-refractivity contribution in [3.05, 3.63) is 0 Å². The van der Waals surface area contributed by atoms with Crippen LogP contribution < -0.4 is 9.98 Å². The van der Waals surface area contributed by atoms with Gasteiger partial charge in [0, 0.05) is 0 Å². The molecule has 0 aliphatic rings. The van der Waals surface area contributed by atoms with Crippen LogP contribution in [0.3, 0.4) is 0 Å². The molecule has 0 aromatic heterocycles. The Morgan fingerprint density at radius 1 is 1.12 bits per heavy atom. The summed E-state index contributed by atoms with van der Waals surface area (Å²) in [6.07, 6.45) is 2.12. The van der Waals surface area contributed by atoms with Crippen LogP contribution >= 0.6 is 0 Å². The lowest BCUT2D eigenvalue weighted by atomic mass is 11.1. The van der Waals surface area contributed by atoms with Gasteiger partial charge in [-0.3, -0.25) is 0 Å². The molecule has 5 nitrogen and oxygen atoms in total. The predicted octanol–water partition coefficient (Wildman–Crippen LogP) is -4.06. The predicted molar refractivity (Wildman–Crippen MR) is 18.7 cm³/mol. The van der Waals surface area contributed by atoms with Crippen LogP contribution in [0.4, 0.5) is 4.79 Å². The van der Waals surface area contributed by atoms with Crippen molar-refractivity contribution in [1.82, 2.24) is 0 Å². The van der Waals surface area contributed by atoms with Gasteiger partial charge in [-0.05, 0) is 9.98 Å². The topological polar surface area (TPSA) is 79.2 Å². The van der Waals surface area contributed by atoms with Crippen LogP contribution in [0.15, 0.2) is 0 Å². The van der Waals surface area contributed by atoms with Gasteiger partial charge in [0.25, 0.3) is 0 Å². The van der Waals surface area contributed by atoms with Crippen molar-refractivity contribution in [2.45, 2.75) is 0 Å². The first-order valence-corrected chi connectivity index (χ1v) is 1.61. The normalized spacial score (nSPS) is 6.00. The summed E-state index contributed by atoms with van der Waals surface area (Å²) in [6.45, 7) is 0. The average Bonchev–Trinajstić information content (AvgIpc) is 1.68. The van der Waals surface area contributed by atoms with Crippen molar-refractivity contribution < 1.29 is 24.4 Å². The van der Waals surface area contributed by atoms with Gasteiger partial charge in [-0.25, -0.2) is 0 Å². The van der Waals surface area contributed by atoms with E-state index in [2.05, 4.69) is 0 Å². The highest BCUT2D eigenvalue weighted by Gasteiger charge is 2.07. The zero-order valence-electron chi connectivity index (χ0n) is 3.72. The number of carbonyl (C=O) groups is 1. The maximum Gasteiger partial charge on any atom is 0.691 e. The standard InChI is InChI=1S/C3N2O3/c6-1-4-3(8)5-2-7/p+2. The Kier molecular flexibility index (Phi) is 2.90. The molecule has 0 aromatic rings. The maximum atomic E-state index is 9.90. The number of rotatable bonds is 0. The zero-order chi connectivity index (χ0) is 6.41. The molecule has 0 bridgehead atoms. The van der Waals surface area contributed by atoms with E-state index in [0.29, 0.717) is 0 Å². The van der Waals surface area contributed by atoms with Crippen molar-refractivity contribution in [3.63, 3.8) is 0 Å². The largest absolute Gasteiger partial charge is 0.691 e. The Morgan fingerprint density at radius 3 is 1.75 bits per heavy atom. The van der Waals surface area contributed by atoms with E-state index in [1.807, 2.05) is 0 Å². The molecule has 5 heteroatoms. The number of hydrogen-bond acceptors (Lipinski definition) is 3. The molecular formula is C3H2N2O3+2. The molecule has 0 aliphatic heterocycles. The molecule has 0 aliphatic carbocycles. The van der Waals surface area contributed by atoms with Crippen LogP contribution in [0.1, 0.15) is 0 Å². The first-order valence-electron chi connectivity index (χ1n) is 1.61. The van der Waals surface area contributed by atoms with Crippen LogP contribution in [0.2, 0.25) is 0 Å². The van der Waals surface area contributed by atoms with Gasteiger partial charge < -0.3 is 0 Å². The summed E-state index contributed by atoms with van der Waals surface area (Å²) in [4.78, 5) is 31.5. The van der Waals surface area contributed by atoms with Crippen LogP contribution in [0, 0.1) is 0 Å². The number of isocyanates is 2. The molecule has 0 radical (unpaired) electrons. The summed E-state index contributed by atoms with van der Waals surface area (Å²) in [6, 6.07) is -0.935. The third-order valence-electron chi connectivity index (χ3n) is 0.329. The van der Waals surface area contributed by atoms with Crippen LogP contribution in [0.25, 0.3) is 0 Å². The van der Waals surface area contributed by atoms with E-state index in [4.69, 9.17) is 0 Å². The Balaban J connectivity index is 4.04. The summed E-state index contributed by atoms with van der Waals surface area (Å²) in [5.41, 5.74) is 0. The monoisotopic (exact) mass is 114 g/mol. The molecule has 0 saturated carbocycles. The minimum atomic E-state index is -0.935. The smallest absolute Gasteiger partial charge is 0.159 e. The fourth-order valence-electron chi connectivity index (χ4n) is 0.124. The van der Waals surface area contributed by atoms with Gasteiger partial charge in [-0.15, -0.1) is 4.79 Å². The SMILES string of the molecule is O=C=[NH+]C(=O)[NH+]=C=O. The first-order chi connectivity index (χ1) is 3.81. The molecule has 40 valence electrons. The highest BCUT2D eigenvalue weighted by Crippen LogP contribution is 1.19. The highest BCUT2D eigenvalue weighted by atomic mass is 16.2. The fraction of sp³-hybridized carbons (Fsp3) is 0. The van der Waals surface area contributed by atoms with Gasteiger partial charge in [-0.2, -0.15) is 9.59 Å². The molecule has 0 saturated heterocycles. The summed E-state index contributed by atoms with van der Waals surface area (Å²) < 4.78 is 0. The number of urea groups is 1. The lowest BCUT2D eigenvalue weighted by Crippen LogP contribution is -2.94. The summed E-state index contributed by atoms with van der Waals surface area (Å²) in [5.74, 6) is 0. The van der Waals surface area contributed by atoms with Crippen molar-refractivity contribution >= 4 is 18.2 Å². The molecule has 0 rings (SSSR count). The molecule has 0 spiro atoms. The highest BCUT2D eigenvalue weighted by molar-refractivity contribution is 5.56. The second kappa shape index (κ2) is 3.61. The molecule has 0 atom stereocenters. The van der Waals surface area contributed by atoms with Gasteiger partial charge in [0.2, 0.25) is 0 Å². The van der Waals surface area contributed by atoms with Gasteiger partial charge in [0.15, 0.2) is 0 Å². The summed E-state index contributed by atoms with van der Waals surface area (Å²) in [5, 5.41) is 0. The van der Waals surface area contributed by atoms with Crippen molar-refractivity contribution in [2.75, 3.05) is 0 Å². The van der Waals surface area contributed by atoms with E-state index in [1.54, 1.807) is 0 Å². The third kappa shape index (κ3) is 2.66. The minimum Gasteiger partial charge on any atom is -0.159 e. The lowest BCUT2D eigenvalue weighted by molar-refractivity contribution is -0.501. The van der Waals surface area contributed by atoms with Crippen LogP contribution in [-0.4, -0.2) is 18.2 Å².